The minimum absolute atomic E-state index is 0.0978. The molecule has 1 fully saturated rings. The van der Waals surface area contributed by atoms with Crippen LogP contribution in [0.2, 0.25) is 0 Å². The number of amides is 1. The molecule has 0 unspecified atom stereocenters. The molecule has 4 nitrogen and oxygen atoms in total. The summed E-state index contributed by atoms with van der Waals surface area (Å²) >= 11 is 0. The van der Waals surface area contributed by atoms with Crippen molar-refractivity contribution >= 4 is 5.91 Å². The van der Waals surface area contributed by atoms with Crippen molar-refractivity contribution in [1.82, 2.24) is 10.4 Å². The Morgan fingerprint density at radius 3 is 3.00 bits per heavy atom. The van der Waals surface area contributed by atoms with Crippen molar-refractivity contribution in [3.63, 3.8) is 0 Å². The van der Waals surface area contributed by atoms with Gasteiger partial charge in [0.2, 0.25) is 5.91 Å². The highest BCUT2D eigenvalue weighted by Crippen LogP contribution is 2.06. The average molecular weight is 186 g/mol. The van der Waals surface area contributed by atoms with Crippen LogP contribution in [0.4, 0.5) is 0 Å². The normalized spacial score (nSPS) is 17.5. The maximum absolute atomic E-state index is 11.4. The number of nitrogens with one attached hydrogen (secondary N) is 1. The van der Waals surface area contributed by atoms with E-state index in [1.807, 2.05) is 6.92 Å². The van der Waals surface area contributed by atoms with Gasteiger partial charge < -0.3 is 5.32 Å². The highest BCUT2D eigenvalue weighted by molar-refractivity contribution is 5.75. The molecule has 0 atom stereocenters. The van der Waals surface area contributed by atoms with E-state index in [2.05, 4.69) is 5.32 Å². The van der Waals surface area contributed by atoms with Gasteiger partial charge in [-0.2, -0.15) is 0 Å². The fourth-order valence-electron chi connectivity index (χ4n) is 1.29. The van der Waals surface area contributed by atoms with Crippen LogP contribution >= 0.6 is 0 Å². The topological polar surface area (TPSA) is 41.6 Å². The molecule has 1 N–H and O–H groups in total. The number of hydrogen-bond acceptors (Lipinski definition) is 3. The Kier molecular flexibility index (Phi) is 4.78. The van der Waals surface area contributed by atoms with Crippen LogP contribution in [0, 0.1) is 0 Å². The van der Waals surface area contributed by atoms with E-state index in [4.69, 9.17) is 4.84 Å². The number of hydrogen-bond donors (Lipinski definition) is 1. The van der Waals surface area contributed by atoms with E-state index >= 15 is 0 Å². The number of rotatable bonds is 4. The maximum atomic E-state index is 11.4. The second kappa shape index (κ2) is 5.94. The van der Waals surface area contributed by atoms with Gasteiger partial charge in [-0.3, -0.25) is 9.63 Å². The molecule has 1 aliphatic rings. The second-order valence-corrected chi connectivity index (χ2v) is 3.14. The lowest BCUT2D eigenvalue weighted by atomic mass is 10.3. The summed E-state index contributed by atoms with van der Waals surface area (Å²) < 4.78 is 0. The van der Waals surface area contributed by atoms with Gasteiger partial charge in [0.15, 0.2) is 0 Å². The minimum Gasteiger partial charge on any atom is -0.316 e. The molecule has 0 aromatic carbocycles. The van der Waals surface area contributed by atoms with Gasteiger partial charge in [0.05, 0.1) is 6.61 Å². The molecule has 76 valence electrons. The minimum atomic E-state index is 0.0978. The van der Waals surface area contributed by atoms with Crippen molar-refractivity contribution in [1.29, 1.82) is 0 Å². The predicted octanol–water partition coefficient (Wildman–Crippen LogP) is 0.540. The SMILES string of the molecule is CCNCCC(=O)N1CCCCO1. The summed E-state index contributed by atoms with van der Waals surface area (Å²) in [6.45, 7) is 5.13. The molecule has 1 rings (SSSR count). The Morgan fingerprint density at radius 2 is 2.38 bits per heavy atom. The smallest absolute Gasteiger partial charge is 0.247 e. The zero-order valence-electron chi connectivity index (χ0n) is 8.21. The van der Waals surface area contributed by atoms with Crippen LogP contribution in [0.15, 0.2) is 0 Å². The van der Waals surface area contributed by atoms with Crippen molar-refractivity contribution in [2.45, 2.75) is 26.2 Å². The molecule has 13 heavy (non-hydrogen) atoms. The van der Waals surface area contributed by atoms with Gasteiger partial charge in [0.1, 0.15) is 0 Å². The largest absolute Gasteiger partial charge is 0.316 e. The molecule has 1 heterocycles. The van der Waals surface area contributed by atoms with Crippen molar-refractivity contribution in [2.75, 3.05) is 26.2 Å². The highest BCUT2D eigenvalue weighted by atomic mass is 16.7. The standard InChI is InChI=1S/C9H18N2O2/c1-2-10-6-5-9(12)11-7-3-4-8-13-11/h10H,2-8H2,1H3. The third-order valence-corrected chi connectivity index (χ3v) is 2.05. The van der Waals surface area contributed by atoms with Gasteiger partial charge in [0.25, 0.3) is 0 Å². The van der Waals surface area contributed by atoms with Gasteiger partial charge >= 0.3 is 0 Å². The van der Waals surface area contributed by atoms with E-state index in [0.29, 0.717) is 13.0 Å². The number of carbonyl (C=O) groups excluding carboxylic acids is 1. The van der Waals surface area contributed by atoms with Crippen molar-refractivity contribution in [3.05, 3.63) is 0 Å². The molecule has 0 saturated carbocycles. The molecule has 0 bridgehead atoms. The first-order valence-corrected chi connectivity index (χ1v) is 4.98. The molecule has 0 aromatic rings. The van der Waals surface area contributed by atoms with Gasteiger partial charge in [-0.1, -0.05) is 6.92 Å². The third-order valence-electron chi connectivity index (χ3n) is 2.05. The maximum Gasteiger partial charge on any atom is 0.247 e. The fraction of sp³-hybridized carbons (Fsp3) is 0.889. The Morgan fingerprint density at radius 1 is 1.54 bits per heavy atom. The van der Waals surface area contributed by atoms with Gasteiger partial charge in [-0.05, 0) is 19.4 Å². The molecular formula is C9H18N2O2. The number of hydroxylamine groups is 2. The van der Waals surface area contributed by atoms with E-state index in [0.717, 1.165) is 32.5 Å². The van der Waals surface area contributed by atoms with Gasteiger partial charge in [-0.15, -0.1) is 0 Å². The van der Waals surface area contributed by atoms with Crippen LogP contribution in [-0.2, 0) is 9.63 Å². The zero-order valence-corrected chi connectivity index (χ0v) is 8.21. The first-order chi connectivity index (χ1) is 6.34. The van der Waals surface area contributed by atoms with E-state index in [-0.39, 0.29) is 5.91 Å². The van der Waals surface area contributed by atoms with Crippen LogP contribution in [0.1, 0.15) is 26.2 Å². The monoisotopic (exact) mass is 186 g/mol. The summed E-state index contributed by atoms with van der Waals surface area (Å²) in [7, 11) is 0. The molecule has 0 aliphatic carbocycles. The predicted molar refractivity (Wildman–Crippen MR) is 50.1 cm³/mol. The zero-order chi connectivity index (χ0) is 9.52. The first-order valence-electron chi connectivity index (χ1n) is 4.98. The molecule has 1 aliphatic heterocycles. The molecule has 0 radical (unpaired) electrons. The van der Waals surface area contributed by atoms with E-state index in [1.165, 1.54) is 5.06 Å². The first kappa shape index (κ1) is 10.5. The highest BCUT2D eigenvalue weighted by Gasteiger charge is 2.16. The lowest BCUT2D eigenvalue weighted by Crippen LogP contribution is -2.37. The number of carbonyl (C=O) groups is 1. The van der Waals surface area contributed by atoms with Crippen LogP contribution in [0.3, 0.4) is 0 Å². The summed E-state index contributed by atoms with van der Waals surface area (Å²) in [5.74, 6) is 0.0978. The summed E-state index contributed by atoms with van der Waals surface area (Å²) in [4.78, 5) is 16.7. The summed E-state index contributed by atoms with van der Waals surface area (Å²) in [6.07, 6.45) is 2.66. The quantitative estimate of drug-likeness (QED) is 0.651. The van der Waals surface area contributed by atoms with E-state index < -0.39 is 0 Å². The van der Waals surface area contributed by atoms with E-state index in [1.54, 1.807) is 0 Å². The van der Waals surface area contributed by atoms with Crippen LogP contribution < -0.4 is 5.32 Å². The fourth-order valence-corrected chi connectivity index (χ4v) is 1.29. The summed E-state index contributed by atoms with van der Waals surface area (Å²) in [5.41, 5.74) is 0. The average Bonchev–Trinajstić information content (AvgIpc) is 2.19. The molecule has 1 saturated heterocycles. The van der Waals surface area contributed by atoms with Gasteiger partial charge in [0, 0.05) is 19.5 Å². The third kappa shape index (κ3) is 3.74. The second-order valence-electron chi connectivity index (χ2n) is 3.14. The lowest BCUT2D eigenvalue weighted by Gasteiger charge is -2.25. The Bertz CT molecular complexity index is 156. The van der Waals surface area contributed by atoms with E-state index in [9.17, 15) is 4.79 Å². The summed E-state index contributed by atoms with van der Waals surface area (Å²) in [6, 6.07) is 0. The molecular weight excluding hydrogens is 168 g/mol. The Hall–Kier alpha value is -0.610. The van der Waals surface area contributed by atoms with Crippen LogP contribution in [0.5, 0.6) is 0 Å². The molecule has 1 amide bonds. The lowest BCUT2D eigenvalue weighted by molar-refractivity contribution is -0.196. The van der Waals surface area contributed by atoms with Crippen molar-refractivity contribution in [3.8, 4) is 0 Å². The molecule has 4 heteroatoms. The Balaban J connectivity index is 2.13. The Labute approximate surface area is 79.2 Å². The molecule has 0 spiro atoms. The van der Waals surface area contributed by atoms with Crippen molar-refractivity contribution < 1.29 is 9.63 Å². The van der Waals surface area contributed by atoms with Crippen LogP contribution in [-0.4, -0.2) is 37.2 Å². The van der Waals surface area contributed by atoms with Crippen LogP contribution in [0.25, 0.3) is 0 Å². The van der Waals surface area contributed by atoms with Crippen molar-refractivity contribution in [2.24, 2.45) is 0 Å². The molecule has 0 aromatic heterocycles. The summed E-state index contributed by atoms with van der Waals surface area (Å²) in [5, 5.41) is 4.62. The van der Waals surface area contributed by atoms with Gasteiger partial charge in [-0.25, -0.2) is 5.06 Å². The number of nitrogens with zero attached hydrogens (tertiary/aromatic N) is 1.